The number of fused-ring (bicyclic) bond motifs is 1. The van der Waals surface area contributed by atoms with Crippen molar-refractivity contribution in [2.75, 3.05) is 5.32 Å². The van der Waals surface area contributed by atoms with Crippen molar-refractivity contribution in [3.05, 3.63) is 60.2 Å². The maximum atomic E-state index is 12.0. The number of benzene rings is 2. The molecular formula is C19H18N2O3. The van der Waals surface area contributed by atoms with Crippen molar-refractivity contribution in [1.82, 2.24) is 5.16 Å². The van der Waals surface area contributed by atoms with Crippen LogP contribution in [0.4, 0.5) is 5.82 Å². The molecule has 122 valence electrons. The van der Waals surface area contributed by atoms with Crippen molar-refractivity contribution < 1.29 is 14.1 Å². The number of nitrogens with zero attached hydrogens (tertiary/aromatic N) is 1. The number of carbonyl (C=O) groups excluding carboxylic acids is 1. The monoisotopic (exact) mass is 322 g/mol. The van der Waals surface area contributed by atoms with Crippen LogP contribution in [0.1, 0.15) is 19.4 Å². The zero-order valence-corrected chi connectivity index (χ0v) is 13.5. The van der Waals surface area contributed by atoms with E-state index in [2.05, 4.69) is 10.5 Å². The maximum absolute atomic E-state index is 12.0. The molecule has 0 bridgehead atoms. The summed E-state index contributed by atoms with van der Waals surface area (Å²) in [6.45, 7) is 3.96. The molecule has 0 aliphatic rings. The zero-order valence-electron chi connectivity index (χ0n) is 13.5. The summed E-state index contributed by atoms with van der Waals surface area (Å²) in [4.78, 5) is 12.0. The number of hydrogen-bond acceptors (Lipinski definition) is 4. The van der Waals surface area contributed by atoms with Crippen molar-refractivity contribution >= 4 is 28.8 Å². The highest BCUT2D eigenvalue weighted by Gasteiger charge is 2.08. The highest BCUT2D eigenvalue weighted by molar-refractivity contribution is 6.05. The fraction of sp³-hybridized carbons (Fsp3) is 0.158. The molecule has 3 aromatic rings. The summed E-state index contributed by atoms with van der Waals surface area (Å²) >= 11 is 0. The summed E-state index contributed by atoms with van der Waals surface area (Å²) in [6, 6.07) is 14.9. The van der Waals surface area contributed by atoms with E-state index in [1.54, 1.807) is 12.1 Å². The van der Waals surface area contributed by atoms with E-state index in [0.717, 1.165) is 16.7 Å². The van der Waals surface area contributed by atoms with Gasteiger partial charge in [-0.05, 0) is 49.8 Å². The third-order valence-corrected chi connectivity index (χ3v) is 3.30. The predicted octanol–water partition coefficient (Wildman–Crippen LogP) is 4.27. The number of amides is 1. The molecule has 0 fully saturated rings. The van der Waals surface area contributed by atoms with Gasteiger partial charge in [-0.15, -0.1) is 0 Å². The summed E-state index contributed by atoms with van der Waals surface area (Å²) in [5.41, 5.74) is 1.55. The Kier molecular flexibility index (Phi) is 4.61. The minimum atomic E-state index is -0.267. The third kappa shape index (κ3) is 3.81. The first-order valence-electron chi connectivity index (χ1n) is 7.72. The van der Waals surface area contributed by atoms with Gasteiger partial charge in [0.15, 0.2) is 11.4 Å². The molecule has 1 aromatic heterocycles. The summed E-state index contributed by atoms with van der Waals surface area (Å²) < 4.78 is 10.7. The molecule has 1 N–H and O–H groups in total. The zero-order chi connectivity index (χ0) is 16.9. The first-order chi connectivity index (χ1) is 11.6. The van der Waals surface area contributed by atoms with Gasteiger partial charge in [-0.1, -0.05) is 29.4 Å². The topological polar surface area (TPSA) is 64.4 Å². The largest absolute Gasteiger partial charge is 0.491 e. The molecule has 0 atom stereocenters. The van der Waals surface area contributed by atoms with Crippen molar-refractivity contribution in [3.8, 4) is 5.75 Å². The van der Waals surface area contributed by atoms with Gasteiger partial charge in [-0.25, -0.2) is 0 Å². The minimum absolute atomic E-state index is 0.134. The van der Waals surface area contributed by atoms with Gasteiger partial charge in [-0.2, -0.15) is 0 Å². The van der Waals surface area contributed by atoms with Crippen LogP contribution in [0.25, 0.3) is 17.0 Å². The highest BCUT2D eigenvalue weighted by Crippen LogP contribution is 2.22. The van der Waals surface area contributed by atoms with Crippen LogP contribution in [0.2, 0.25) is 0 Å². The van der Waals surface area contributed by atoms with Gasteiger partial charge in [0.1, 0.15) is 5.75 Å². The van der Waals surface area contributed by atoms with E-state index in [1.807, 2.05) is 56.3 Å². The van der Waals surface area contributed by atoms with Crippen molar-refractivity contribution in [3.63, 3.8) is 0 Å². The Labute approximate surface area is 139 Å². The van der Waals surface area contributed by atoms with Gasteiger partial charge in [0.2, 0.25) is 5.91 Å². The Bertz CT molecular complexity index is 864. The number of para-hydroxylation sites is 1. The van der Waals surface area contributed by atoms with Gasteiger partial charge >= 0.3 is 0 Å². The van der Waals surface area contributed by atoms with Crippen LogP contribution in [0.5, 0.6) is 5.75 Å². The van der Waals surface area contributed by atoms with Crippen molar-refractivity contribution in [2.24, 2.45) is 0 Å². The van der Waals surface area contributed by atoms with E-state index in [9.17, 15) is 4.79 Å². The van der Waals surface area contributed by atoms with Crippen LogP contribution in [-0.2, 0) is 4.79 Å². The second kappa shape index (κ2) is 7.00. The van der Waals surface area contributed by atoms with Crippen molar-refractivity contribution in [1.29, 1.82) is 0 Å². The number of nitrogens with one attached hydrogen (secondary N) is 1. The Morgan fingerprint density at radius 1 is 1.17 bits per heavy atom. The van der Waals surface area contributed by atoms with Crippen LogP contribution in [0.3, 0.4) is 0 Å². The highest BCUT2D eigenvalue weighted by atomic mass is 16.5. The summed E-state index contributed by atoms with van der Waals surface area (Å²) in [5, 5.41) is 7.36. The van der Waals surface area contributed by atoms with E-state index in [4.69, 9.17) is 9.26 Å². The van der Waals surface area contributed by atoms with E-state index in [-0.39, 0.29) is 12.0 Å². The number of aromatic nitrogens is 1. The van der Waals surface area contributed by atoms with Gasteiger partial charge in [0, 0.05) is 6.08 Å². The molecule has 0 saturated heterocycles. The first-order valence-corrected chi connectivity index (χ1v) is 7.72. The van der Waals surface area contributed by atoms with E-state index in [1.165, 1.54) is 6.08 Å². The Morgan fingerprint density at radius 2 is 1.92 bits per heavy atom. The van der Waals surface area contributed by atoms with Crippen LogP contribution >= 0.6 is 0 Å². The third-order valence-electron chi connectivity index (χ3n) is 3.30. The Balaban J connectivity index is 1.65. The molecule has 3 rings (SSSR count). The van der Waals surface area contributed by atoms with Crippen LogP contribution in [-0.4, -0.2) is 17.2 Å². The van der Waals surface area contributed by atoms with Crippen LogP contribution in [0, 0.1) is 0 Å². The predicted molar refractivity (Wildman–Crippen MR) is 93.9 cm³/mol. The molecule has 0 spiro atoms. The number of carbonyl (C=O) groups is 1. The molecule has 0 radical (unpaired) electrons. The molecule has 0 aliphatic carbocycles. The quantitative estimate of drug-likeness (QED) is 0.713. The summed E-state index contributed by atoms with van der Waals surface area (Å²) in [7, 11) is 0. The number of anilines is 1. The molecule has 1 amide bonds. The van der Waals surface area contributed by atoms with Gasteiger partial charge in [0.05, 0.1) is 11.5 Å². The first kappa shape index (κ1) is 15.8. The van der Waals surface area contributed by atoms with Gasteiger partial charge in [-0.3, -0.25) is 4.79 Å². The number of hydrogen-bond donors (Lipinski definition) is 1. The second-order valence-electron chi connectivity index (χ2n) is 5.59. The number of ether oxygens (including phenoxy) is 1. The molecular weight excluding hydrogens is 304 g/mol. The van der Waals surface area contributed by atoms with E-state index in [0.29, 0.717) is 11.4 Å². The normalized spacial score (nSPS) is 11.3. The van der Waals surface area contributed by atoms with Gasteiger partial charge < -0.3 is 14.6 Å². The Hall–Kier alpha value is -3.08. The summed E-state index contributed by atoms with van der Waals surface area (Å²) in [5.74, 6) is 0.957. The lowest BCUT2D eigenvalue weighted by Crippen LogP contribution is -2.08. The summed E-state index contributed by atoms with van der Waals surface area (Å²) in [6.07, 6.45) is 3.33. The molecule has 24 heavy (non-hydrogen) atoms. The lowest BCUT2D eigenvalue weighted by Gasteiger charge is -2.09. The van der Waals surface area contributed by atoms with Crippen LogP contribution < -0.4 is 10.1 Å². The fourth-order valence-electron chi connectivity index (χ4n) is 2.24. The van der Waals surface area contributed by atoms with Gasteiger partial charge in [0.25, 0.3) is 0 Å². The van der Waals surface area contributed by atoms with E-state index < -0.39 is 0 Å². The van der Waals surface area contributed by atoms with Crippen molar-refractivity contribution in [2.45, 2.75) is 20.0 Å². The maximum Gasteiger partial charge on any atom is 0.249 e. The Morgan fingerprint density at radius 3 is 2.67 bits per heavy atom. The molecule has 1 heterocycles. The van der Waals surface area contributed by atoms with Crippen LogP contribution in [0.15, 0.2) is 59.1 Å². The molecule has 0 saturated carbocycles. The average molecular weight is 322 g/mol. The molecule has 5 heteroatoms. The lowest BCUT2D eigenvalue weighted by molar-refractivity contribution is -0.111. The van der Waals surface area contributed by atoms with E-state index >= 15 is 0 Å². The second-order valence-corrected chi connectivity index (χ2v) is 5.59. The molecule has 0 aliphatic heterocycles. The molecule has 0 unspecified atom stereocenters. The average Bonchev–Trinajstić information content (AvgIpc) is 2.97. The lowest BCUT2D eigenvalue weighted by atomic mass is 10.2. The smallest absolute Gasteiger partial charge is 0.249 e. The SMILES string of the molecule is CC(C)Oc1ccc(/C=C/C(=O)Nc2noc3ccccc23)cc1. The number of rotatable bonds is 5. The standard InChI is InChI=1S/C19H18N2O3/c1-13(2)23-15-10-7-14(8-11-15)9-12-18(22)20-19-16-5-3-4-6-17(16)24-21-19/h3-13H,1-2H3,(H,20,21,22)/b12-9+. The molecule has 5 nitrogen and oxygen atoms in total. The fourth-order valence-corrected chi connectivity index (χ4v) is 2.24. The minimum Gasteiger partial charge on any atom is -0.491 e. The molecule has 2 aromatic carbocycles.